The highest BCUT2D eigenvalue weighted by atomic mass is 16.7. The molecule has 0 amide bonds. The number of hydrogen-bond acceptors (Lipinski definition) is 7. The lowest BCUT2D eigenvalue weighted by atomic mass is 9.79. The summed E-state index contributed by atoms with van der Waals surface area (Å²) in [6.45, 7) is 7.59. The third kappa shape index (κ3) is 4.06. The van der Waals surface area contributed by atoms with E-state index >= 15 is 0 Å². The quantitative estimate of drug-likeness (QED) is 0.745. The molecule has 0 aliphatic carbocycles. The van der Waals surface area contributed by atoms with Crippen molar-refractivity contribution in [2.45, 2.75) is 51.7 Å². The molecule has 7 heteroatoms. The van der Waals surface area contributed by atoms with E-state index in [1.54, 1.807) is 21.0 Å². The van der Waals surface area contributed by atoms with Gasteiger partial charge in [-0.15, -0.1) is 0 Å². The van der Waals surface area contributed by atoms with Crippen LogP contribution in [0.2, 0.25) is 0 Å². The van der Waals surface area contributed by atoms with Crippen LogP contribution in [0, 0.1) is 11.8 Å². The monoisotopic (exact) mass is 391 g/mol. The first-order chi connectivity index (χ1) is 13.3. The first kappa shape index (κ1) is 20.8. The lowest BCUT2D eigenvalue weighted by Crippen LogP contribution is -2.44. The molecular weight excluding hydrogens is 362 g/mol. The van der Waals surface area contributed by atoms with Gasteiger partial charge in [0.2, 0.25) is 0 Å². The van der Waals surface area contributed by atoms with Gasteiger partial charge < -0.3 is 18.9 Å². The number of benzene rings is 1. The highest BCUT2D eigenvalue weighted by Crippen LogP contribution is 2.44. The second-order valence-corrected chi connectivity index (χ2v) is 7.73. The molecule has 2 heterocycles. The normalized spacial score (nSPS) is 31.5. The molecule has 1 aromatic rings. The van der Waals surface area contributed by atoms with E-state index in [4.69, 9.17) is 18.9 Å². The number of carbonyl (C=O) groups excluding carboxylic acids is 2. The Morgan fingerprint density at radius 2 is 1.93 bits per heavy atom. The molecule has 7 nitrogen and oxygen atoms in total. The summed E-state index contributed by atoms with van der Waals surface area (Å²) in [7, 11) is 1.60. The van der Waals surface area contributed by atoms with E-state index in [-0.39, 0.29) is 36.4 Å². The molecule has 0 radical (unpaired) electrons. The molecule has 0 spiro atoms. The minimum absolute atomic E-state index is 0.00146. The molecular formula is C21H29NO6. The minimum Gasteiger partial charge on any atom is -0.497 e. The van der Waals surface area contributed by atoms with Gasteiger partial charge in [-0.05, 0) is 45.4 Å². The summed E-state index contributed by atoms with van der Waals surface area (Å²) in [5.41, 5.74) is 0.913. The van der Waals surface area contributed by atoms with Crippen LogP contribution in [0.1, 0.15) is 39.3 Å². The second kappa shape index (κ2) is 8.19. The van der Waals surface area contributed by atoms with Crippen molar-refractivity contribution in [2.75, 3.05) is 20.3 Å². The van der Waals surface area contributed by atoms with Crippen molar-refractivity contribution < 1.29 is 28.5 Å². The average molecular weight is 391 g/mol. The Morgan fingerprint density at radius 3 is 2.43 bits per heavy atom. The van der Waals surface area contributed by atoms with Gasteiger partial charge in [-0.25, -0.2) is 0 Å². The predicted octanol–water partition coefficient (Wildman–Crippen LogP) is 2.24. The zero-order chi connectivity index (χ0) is 20.5. The Hall–Kier alpha value is -1.96. The molecule has 1 N–H and O–H groups in total. The van der Waals surface area contributed by atoms with Gasteiger partial charge in [-0.3, -0.25) is 14.9 Å². The van der Waals surface area contributed by atoms with Crippen LogP contribution in [0.4, 0.5) is 0 Å². The highest BCUT2D eigenvalue weighted by Gasteiger charge is 2.55. The van der Waals surface area contributed by atoms with Gasteiger partial charge >= 0.3 is 5.97 Å². The summed E-state index contributed by atoms with van der Waals surface area (Å²) in [5.74, 6) is -1.21. The molecule has 2 fully saturated rings. The van der Waals surface area contributed by atoms with Gasteiger partial charge in [0.15, 0.2) is 5.79 Å². The molecule has 5 atom stereocenters. The van der Waals surface area contributed by atoms with Crippen LogP contribution in [0.3, 0.4) is 0 Å². The molecule has 2 aliphatic heterocycles. The van der Waals surface area contributed by atoms with Crippen LogP contribution in [0.15, 0.2) is 24.3 Å². The Morgan fingerprint density at radius 1 is 1.25 bits per heavy atom. The van der Waals surface area contributed by atoms with Crippen molar-refractivity contribution in [1.82, 2.24) is 5.32 Å². The van der Waals surface area contributed by atoms with Crippen LogP contribution < -0.4 is 10.1 Å². The lowest BCUT2D eigenvalue weighted by molar-refractivity contribution is -0.157. The number of rotatable bonds is 6. The standard InChI is InChI=1S/C21H29NO6/c1-6-26-20(24)19-17(15-11-27-21(3,4)28-15)16(12(2)23)18(22-19)13-7-9-14(25-5)10-8-13/h7-10,15-19,22H,6,11H2,1-5H3/t15-,16-,17-,18-,19-/m1/s1. The van der Waals surface area contributed by atoms with Gasteiger partial charge in [0, 0.05) is 17.9 Å². The van der Waals surface area contributed by atoms with Crippen molar-refractivity contribution in [3.8, 4) is 5.75 Å². The summed E-state index contributed by atoms with van der Waals surface area (Å²) in [6, 6.07) is 6.54. The van der Waals surface area contributed by atoms with Crippen molar-refractivity contribution in [1.29, 1.82) is 0 Å². The van der Waals surface area contributed by atoms with E-state index in [9.17, 15) is 9.59 Å². The maximum absolute atomic E-state index is 12.7. The van der Waals surface area contributed by atoms with Crippen LogP contribution in [0.25, 0.3) is 0 Å². The van der Waals surface area contributed by atoms with Crippen molar-refractivity contribution >= 4 is 11.8 Å². The predicted molar refractivity (Wildman–Crippen MR) is 102 cm³/mol. The number of hydrogen-bond donors (Lipinski definition) is 1. The van der Waals surface area contributed by atoms with Gasteiger partial charge in [-0.1, -0.05) is 12.1 Å². The number of carbonyl (C=O) groups is 2. The second-order valence-electron chi connectivity index (χ2n) is 7.73. The van der Waals surface area contributed by atoms with Crippen LogP contribution in [-0.2, 0) is 23.8 Å². The molecule has 1 aromatic carbocycles. The maximum atomic E-state index is 12.7. The SMILES string of the molecule is CCOC(=O)[C@@H]1N[C@H](c2ccc(OC)cc2)[C@H](C(C)=O)[C@H]1[C@H]1COC(C)(C)O1. The number of esters is 1. The van der Waals surface area contributed by atoms with E-state index in [0.717, 1.165) is 11.3 Å². The van der Waals surface area contributed by atoms with E-state index in [1.807, 2.05) is 38.1 Å². The fourth-order valence-corrected chi connectivity index (χ4v) is 4.27. The van der Waals surface area contributed by atoms with E-state index < -0.39 is 17.7 Å². The van der Waals surface area contributed by atoms with Crippen LogP contribution in [-0.4, -0.2) is 50.0 Å². The largest absolute Gasteiger partial charge is 0.497 e. The Balaban J connectivity index is 1.97. The molecule has 3 rings (SSSR count). The number of methoxy groups -OCH3 is 1. The molecule has 0 unspecified atom stereocenters. The zero-order valence-electron chi connectivity index (χ0n) is 17.1. The first-order valence-corrected chi connectivity index (χ1v) is 9.66. The molecule has 0 saturated carbocycles. The highest BCUT2D eigenvalue weighted by molar-refractivity contribution is 5.84. The number of ketones is 1. The maximum Gasteiger partial charge on any atom is 0.323 e. The number of Topliss-reactive ketones (excluding diaryl/α,β-unsaturated/α-hetero) is 1. The molecule has 28 heavy (non-hydrogen) atoms. The lowest BCUT2D eigenvalue weighted by Gasteiger charge is -2.28. The summed E-state index contributed by atoms with van der Waals surface area (Å²) >= 11 is 0. The number of ether oxygens (including phenoxy) is 4. The summed E-state index contributed by atoms with van der Waals surface area (Å²) in [6.07, 6.45) is -0.381. The average Bonchev–Trinajstić information content (AvgIpc) is 3.22. The fourth-order valence-electron chi connectivity index (χ4n) is 4.27. The Kier molecular flexibility index (Phi) is 6.07. The van der Waals surface area contributed by atoms with E-state index in [2.05, 4.69) is 5.32 Å². The third-order valence-corrected chi connectivity index (χ3v) is 5.46. The summed E-state index contributed by atoms with van der Waals surface area (Å²) < 4.78 is 22.3. The summed E-state index contributed by atoms with van der Waals surface area (Å²) in [4.78, 5) is 25.4. The van der Waals surface area contributed by atoms with Gasteiger partial charge in [0.05, 0.1) is 26.4 Å². The molecule has 2 aliphatic rings. The van der Waals surface area contributed by atoms with Crippen molar-refractivity contribution in [3.63, 3.8) is 0 Å². The zero-order valence-corrected chi connectivity index (χ0v) is 17.1. The van der Waals surface area contributed by atoms with Crippen LogP contribution >= 0.6 is 0 Å². The smallest absolute Gasteiger partial charge is 0.323 e. The topological polar surface area (TPSA) is 83.1 Å². The molecule has 0 bridgehead atoms. The summed E-state index contributed by atoms with van der Waals surface area (Å²) in [5, 5.41) is 3.34. The fraction of sp³-hybridized carbons (Fsp3) is 0.619. The van der Waals surface area contributed by atoms with Gasteiger partial charge in [-0.2, -0.15) is 0 Å². The molecule has 2 saturated heterocycles. The van der Waals surface area contributed by atoms with E-state index in [1.165, 1.54) is 0 Å². The molecule has 154 valence electrons. The molecule has 0 aromatic heterocycles. The first-order valence-electron chi connectivity index (χ1n) is 9.66. The number of nitrogens with one attached hydrogen (secondary N) is 1. The van der Waals surface area contributed by atoms with Gasteiger partial charge in [0.1, 0.15) is 17.6 Å². The third-order valence-electron chi connectivity index (χ3n) is 5.46. The van der Waals surface area contributed by atoms with Crippen LogP contribution in [0.5, 0.6) is 5.75 Å². The van der Waals surface area contributed by atoms with Gasteiger partial charge in [0.25, 0.3) is 0 Å². The van der Waals surface area contributed by atoms with Crippen molar-refractivity contribution in [3.05, 3.63) is 29.8 Å². The Bertz CT molecular complexity index is 716. The minimum atomic E-state index is -0.747. The van der Waals surface area contributed by atoms with E-state index in [0.29, 0.717) is 6.61 Å². The Labute approximate surface area is 165 Å². The van der Waals surface area contributed by atoms with Crippen molar-refractivity contribution in [2.24, 2.45) is 11.8 Å².